The third kappa shape index (κ3) is 8.15. The fourth-order valence-corrected chi connectivity index (χ4v) is 4.87. The Kier molecular flexibility index (Phi) is 9.48. The Bertz CT molecular complexity index is 1540. The van der Waals surface area contributed by atoms with Crippen molar-refractivity contribution < 1.29 is 26.9 Å². The fraction of sp³-hybridized carbons (Fsp3) is 0.167. The average molecular weight is 562 g/mol. The van der Waals surface area contributed by atoms with Gasteiger partial charge in [-0.1, -0.05) is 66.7 Å². The number of para-hydroxylation sites is 1. The fourth-order valence-electron chi connectivity index (χ4n) is 3.81. The molecule has 0 aliphatic heterocycles. The third-order valence-corrected chi connectivity index (χ3v) is 6.91. The molecule has 0 radical (unpaired) electrons. The minimum Gasteiger partial charge on any atom is -0.493 e. The van der Waals surface area contributed by atoms with Crippen LogP contribution in [0.15, 0.2) is 107 Å². The van der Waals surface area contributed by atoms with Crippen molar-refractivity contribution in [3.05, 3.63) is 108 Å². The minimum absolute atomic E-state index is 0.0724. The number of hydrogen-bond donors (Lipinski definition) is 2. The topological polar surface area (TPSA) is 135 Å². The average Bonchev–Trinajstić information content (AvgIpc) is 2.94. The second kappa shape index (κ2) is 13.4. The zero-order chi connectivity index (χ0) is 28.4. The molecule has 4 N–H and O–H groups in total. The van der Waals surface area contributed by atoms with Crippen LogP contribution in [-0.2, 0) is 21.6 Å². The van der Waals surface area contributed by atoms with E-state index in [-0.39, 0.29) is 35.6 Å². The van der Waals surface area contributed by atoms with Crippen molar-refractivity contribution in [2.75, 3.05) is 13.2 Å². The molecule has 0 saturated heterocycles. The summed E-state index contributed by atoms with van der Waals surface area (Å²) in [4.78, 5) is 4.85. The molecule has 0 heterocycles. The predicted molar refractivity (Wildman–Crippen MR) is 154 cm³/mol. The molecule has 0 aliphatic carbocycles. The lowest BCUT2D eigenvalue weighted by molar-refractivity contribution is 0.127. The van der Waals surface area contributed by atoms with Crippen LogP contribution in [0.3, 0.4) is 0 Å². The van der Waals surface area contributed by atoms with Crippen molar-refractivity contribution in [1.29, 1.82) is 0 Å². The van der Waals surface area contributed by atoms with Crippen LogP contribution in [0.1, 0.15) is 17.5 Å². The summed E-state index contributed by atoms with van der Waals surface area (Å²) < 4.78 is 43.6. The van der Waals surface area contributed by atoms with Gasteiger partial charge >= 0.3 is 10.1 Å². The summed E-state index contributed by atoms with van der Waals surface area (Å²) in [6.45, 7) is 2.57. The van der Waals surface area contributed by atoms with Crippen molar-refractivity contribution >= 4 is 16.1 Å². The SMILES string of the molecule is Cc1cc(OCCCON=C(N)N)cc(OS(=O)(=O)c2ccccc2OCc2ccc(-c3ccccc3)cc2)c1. The van der Waals surface area contributed by atoms with Gasteiger partial charge in [0.05, 0.1) is 6.61 Å². The first kappa shape index (κ1) is 28.3. The zero-order valence-corrected chi connectivity index (χ0v) is 22.8. The summed E-state index contributed by atoms with van der Waals surface area (Å²) in [7, 11) is -4.20. The quantitative estimate of drug-likeness (QED) is 0.0767. The number of oxime groups is 1. The summed E-state index contributed by atoms with van der Waals surface area (Å²) in [6.07, 6.45) is 0.513. The second-order valence-electron chi connectivity index (χ2n) is 8.87. The van der Waals surface area contributed by atoms with Crippen LogP contribution in [-0.4, -0.2) is 27.6 Å². The van der Waals surface area contributed by atoms with E-state index in [9.17, 15) is 8.42 Å². The van der Waals surface area contributed by atoms with Crippen LogP contribution in [0, 0.1) is 6.92 Å². The molecule has 4 aromatic rings. The first-order valence-corrected chi connectivity index (χ1v) is 14.0. The summed E-state index contributed by atoms with van der Waals surface area (Å²) in [5.41, 5.74) is 14.3. The number of aryl methyl sites for hydroxylation is 1. The van der Waals surface area contributed by atoms with Crippen molar-refractivity contribution in [2.45, 2.75) is 24.8 Å². The number of hydrogen-bond acceptors (Lipinski definition) is 7. The molecule has 4 aromatic carbocycles. The highest BCUT2D eigenvalue weighted by molar-refractivity contribution is 7.87. The Labute approximate surface area is 234 Å². The maximum absolute atomic E-state index is 13.3. The molecule has 40 heavy (non-hydrogen) atoms. The Morgan fingerprint density at radius 2 is 1.45 bits per heavy atom. The van der Waals surface area contributed by atoms with Crippen molar-refractivity contribution in [3.63, 3.8) is 0 Å². The van der Waals surface area contributed by atoms with Crippen LogP contribution in [0.5, 0.6) is 17.2 Å². The van der Waals surface area contributed by atoms with Crippen LogP contribution >= 0.6 is 0 Å². The molecule has 0 aliphatic rings. The molecular formula is C30H31N3O6S. The van der Waals surface area contributed by atoms with Crippen molar-refractivity contribution in [1.82, 2.24) is 0 Å². The number of nitrogens with two attached hydrogens (primary N) is 2. The van der Waals surface area contributed by atoms with Gasteiger partial charge in [0.1, 0.15) is 35.4 Å². The van der Waals surface area contributed by atoms with E-state index in [1.54, 1.807) is 30.3 Å². The lowest BCUT2D eigenvalue weighted by atomic mass is 10.0. The number of rotatable bonds is 13. The maximum atomic E-state index is 13.3. The molecule has 9 nitrogen and oxygen atoms in total. The Hall–Kier alpha value is -4.70. The summed E-state index contributed by atoms with van der Waals surface area (Å²) in [6, 6.07) is 29.3. The number of benzene rings is 4. The first-order chi connectivity index (χ1) is 19.3. The zero-order valence-electron chi connectivity index (χ0n) is 22.0. The van der Waals surface area contributed by atoms with E-state index in [0.717, 1.165) is 22.3 Å². The molecule has 10 heteroatoms. The van der Waals surface area contributed by atoms with E-state index in [1.807, 2.05) is 61.5 Å². The molecule has 0 bridgehead atoms. The van der Waals surface area contributed by atoms with Gasteiger partial charge in [0.2, 0.25) is 5.96 Å². The molecule has 0 fully saturated rings. The van der Waals surface area contributed by atoms with Crippen LogP contribution < -0.4 is 25.1 Å². The lowest BCUT2D eigenvalue weighted by Gasteiger charge is -2.14. The highest BCUT2D eigenvalue weighted by Crippen LogP contribution is 2.30. The van der Waals surface area contributed by atoms with E-state index in [4.69, 9.17) is 30.0 Å². The van der Waals surface area contributed by atoms with Gasteiger partial charge in [-0.3, -0.25) is 0 Å². The smallest absolute Gasteiger partial charge is 0.342 e. The van der Waals surface area contributed by atoms with Gasteiger partial charge in [0.25, 0.3) is 0 Å². The number of guanidine groups is 1. The number of nitrogens with zero attached hydrogens (tertiary/aromatic N) is 1. The number of ether oxygens (including phenoxy) is 2. The molecule has 0 aromatic heterocycles. The van der Waals surface area contributed by atoms with Crippen molar-refractivity contribution in [2.24, 2.45) is 16.6 Å². The monoisotopic (exact) mass is 561 g/mol. The normalized spacial score (nSPS) is 10.9. The maximum Gasteiger partial charge on any atom is 0.342 e. The van der Waals surface area contributed by atoms with Crippen LogP contribution in [0.2, 0.25) is 0 Å². The standard InChI is InChI=1S/C30H31N3O6S/c1-22-18-26(36-16-7-17-38-33-30(31)32)20-27(19-22)39-40(34,35)29-11-6-5-10-28(29)37-21-23-12-14-25(15-13-23)24-8-3-2-4-9-24/h2-6,8-15,18-20H,7,16-17,21H2,1H3,(H4,31,32,33). The Morgan fingerprint density at radius 1 is 0.775 bits per heavy atom. The van der Waals surface area contributed by atoms with E-state index in [0.29, 0.717) is 18.8 Å². The summed E-state index contributed by atoms with van der Waals surface area (Å²) in [5.74, 6) is 0.611. The van der Waals surface area contributed by atoms with Crippen LogP contribution in [0.25, 0.3) is 11.1 Å². The molecule has 0 spiro atoms. The second-order valence-corrected chi connectivity index (χ2v) is 10.4. The minimum atomic E-state index is -4.20. The highest BCUT2D eigenvalue weighted by atomic mass is 32.2. The lowest BCUT2D eigenvalue weighted by Crippen LogP contribution is -2.23. The molecule has 0 atom stereocenters. The van der Waals surface area contributed by atoms with Gasteiger partial charge < -0.3 is 30.0 Å². The molecule has 0 unspecified atom stereocenters. The highest BCUT2D eigenvalue weighted by Gasteiger charge is 2.22. The molecule has 208 valence electrons. The van der Waals surface area contributed by atoms with Gasteiger partial charge in [0.15, 0.2) is 0 Å². The largest absolute Gasteiger partial charge is 0.493 e. The van der Waals surface area contributed by atoms with E-state index in [1.165, 1.54) is 12.1 Å². The van der Waals surface area contributed by atoms with Crippen molar-refractivity contribution in [3.8, 4) is 28.4 Å². The van der Waals surface area contributed by atoms with E-state index < -0.39 is 10.1 Å². The molecule has 0 saturated carbocycles. The Balaban J connectivity index is 1.40. The summed E-state index contributed by atoms with van der Waals surface area (Å²) >= 11 is 0. The molecule has 4 rings (SSSR count). The van der Waals surface area contributed by atoms with Gasteiger partial charge in [0, 0.05) is 12.5 Å². The van der Waals surface area contributed by atoms with Gasteiger partial charge in [-0.05, 0) is 58.6 Å². The molecule has 0 amide bonds. The van der Waals surface area contributed by atoms with Gasteiger partial charge in [-0.2, -0.15) is 8.42 Å². The van der Waals surface area contributed by atoms with E-state index in [2.05, 4.69) is 5.16 Å². The first-order valence-electron chi connectivity index (χ1n) is 12.6. The predicted octanol–water partition coefficient (Wildman–Crippen LogP) is 4.98. The van der Waals surface area contributed by atoms with Crippen LogP contribution in [0.4, 0.5) is 0 Å². The Morgan fingerprint density at radius 3 is 2.20 bits per heavy atom. The summed E-state index contributed by atoms with van der Waals surface area (Å²) in [5, 5.41) is 3.44. The van der Waals surface area contributed by atoms with E-state index >= 15 is 0 Å². The van der Waals surface area contributed by atoms with Gasteiger partial charge in [-0.15, -0.1) is 0 Å². The third-order valence-electron chi connectivity index (χ3n) is 5.62. The van der Waals surface area contributed by atoms with Gasteiger partial charge in [-0.25, -0.2) is 0 Å². The molecular weight excluding hydrogens is 530 g/mol.